The molecule has 26 heavy (non-hydrogen) atoms. The zero-order chi connectivity index (χ0) is 18.5. The number of amides is 1. The quantitative estimate of drug-likeness (QED) is 0.699. The van der Waals surface area contributed by atoms with Gasteiger partial charge in [-0.2, -0.15) is 5.10 Å². The molecule has 1 amide bonds. The number of aromatic nitrogens is 3. The molecule has 0 aliphatic rings. The third kappa shape index (κ3) is 4.21. The van der Waals surface area contributed by atoms with Crippen molar-refractivity contribution in [1.82, 2.24) is 20.1 Å². The van der Waals surface area contributed by atoms with E-state index in [1.165, 1.54) is 6.26 Å². The lowest BCUT2D eigenvalue weighted by Crippen LogP contribution is -2.26. The number of rotatable bonds is 7. The van der Waals surface area contributed by atoms with Gasteiger partial charge in [-0.05, 0) is 19.1 Å². The van der Waals surface area contributed by atoms with Crippen molar-refractivity contribution in [1.29, 1.82) is 0 Å². The van der Waals surface area contributed by atoms with Crippen LogP contribution in [0.3, 0.4) is 0 Å². The van der Waals surface area contributed by atoms with Gasteiger partial charge < -0.3 is 19.2 Å². The number of carbonyl (C=O) groups is 1. The minimum Gasteiger partial charge on any atom is -0.497 e. The number of carbonyl (C=O) groups excluding carboxylic acids is 1. The van der Waals surface area contributed by atoms with Crippen LogP contribution in [-0.2, 0) is 13.7 Å². The largest absolute Gasteiger partial charge is 0.497 e. The first kappa shape index (κ1) is 17.5. The maximum atomic E-state index is 12.3. The van der Waals surface area contributed by atoms with Crippen LogP contribution in [0.5, 0.6) is 11.5 Å². The Morgan fingerprint density at radius 1 is 1.38 bits per heavy atom. The fourth-order valence-corrected chi connectivity index (χ4v) is 2.34. The van der Waals surface area contributed by atoms with Crippen molar-refractivity contribution < 1.29 is 18.7 Å². The van der Waals surface area contributed by atoms with Crippen LogP contribution in [-0.4, -0.2) is 27.8 Å². The van der Waals surface area contributed by atoms with Crippen molar-refractivity contribution in [2.45, 2.75) is 19.6 Å². The van der Waals surface area contributed by atoms with Crippen molar-refractivity contribution in [3.8, 4) is 11.5 Å². The molecule has 8 nitrogen and oxygen atoms in total. The Hall–Kier alpha value is -3.29. The SMILES string of the molecule is COc1cccc(OCc2nc(C(=O)N[C@@H](C)c3cnn(C)c3)co2)c1. The van der Waals surface area contributed by atoms with Gasteiger partial charge >= 0.3 is 0 Å². The van der Waals surface area contributed by atoms with Crippen LogP contribution in [0.1, 0.15) is 34.9 Å². The number of nitrogens with zero attached hydrogens (tertiary/aromatic N) is 3. The molecule has 0 bridgehead atoms. The molecule has 0 aliphatic heterocycles. The van der Waals surface area contributed by atoms with E-state index in [0.29, 0.717) is 17.4 Å². The van der Waals surface area contributed by atoms with E-state index in [1.807, 2.05) is 32.3 Å². The van der Waals surface area contributed by atoms with Gasteiger partial charge in [-0.15, -0.1) is 0 Å². The highest BCUT2D eigenvalue weighted by atomic mass is 16.5. The maximum absolute atomic E-state index is 12.3. The second-order valence-electron chi connectivity index (χ2n) is 5.74. The Balaban J connectivity index is 1.57. The molecule has 2 heterocycles. The summed E-state index contributed by atoms with van der Waals surface area (Å²) in [5, 5.41) is 6.95. The fraction of sp³-hybridized carbons (Fsp3) is 0.278. The standard InChI is InChI=1S/C18H20N4O4/c1-12(13-8-19-22(2)9-13)20-18(23)16-10-26-17(21-16)11-25-15-6-4-5-14(7-15)24-3/h4-10,12H,11H2,1-3H3,(H,20,23)/t12-/m0/s1. The fourth-order valence-electron chi connectivity index (χ4n) is 2.34. The Labute approximate surface area is 150 Å². The molecule has 3 rings (SSSR count). The van der Waals surface area contributed by atoms with E-state index >= 15 is 0 Å². The number of hydrogen-bond acceptors (Lipinski definition) is 6. The smallest absolute Gasteiger partial charge is 0.273 e. The summed E-state index contributed by atoms with van der Waals surface area (Å²) in [6, 6.07) is 7.01. The molecule has 0 aliphatic carbocycles. The van der Waals surface area contributed by atoms with Crippen LogP contribution in [0, 0.1) is 0 Å². The van der Waals surface area contributed by atoms with E-state index < -0.39 is 0 Å². The first-order chi connectivity index (χ1) is 12.5. The Morgan fingerprint density at radius 3 is 2.92 bits per heavy atom. The van der Waals surface area contributed by atoms with E-state index in [1.54, 1.807) is 30.1 Å². The summed E-state index contributed by atoms with van der Waals surface area (Å²) in [5.41, 5.74) is 1.11. The molecule has 2 aromatic heterocycles. The van der Waals surface area contributed by atoms with Gasteiger partial charge in [-0.25, -0.2) is 4.98 Å². The number of hydrogen-bond donors (Lipinski definition) is 1. The molecule has 8 heteroatoms. The normalized spacial score (nSPS) is 11.8. The van der Waals surface area contributed by atoms with E-state index in [-0.39, 0.29) is 24.2 Å². The summed E-state index contributed by atoms with van der Waals surface area (Å²) in [6.07, 6.45) is 4.87. The van der Waals surface area contributed by atoms with Gasteiger partial charge in [0.25, 0.3) is 5.91 Å². The summed E-state index contributed by atoms with van der Waals surface area (Å²) < 4.78 is 17.7. The summed E-state index contributed by atoms with van der Waals surface area (Å²) in [6.45, 7) is 1.99. The first-order valence-electron chi connectivity index (χ1n) is 8.06. The van der Waals surface area contributed by atoms with Crippen molar-refractivity contribution >= 4 is 5.91 Å². The average molecular weight is 356 g/mol. The maximum Gasteiger partial charge on any atom is 0.273 e. The predicted octanol–water partition coefficient (Wildman–Crippen LogP) is 2.49. The third-order valence-corrected chi connectivity index (χ3v) is 3.76. The van der Waals surface area contributed by atoms with E-state index in [2.05, 4.69) is 15.4 Å². The molecule has 0 saturated heterocycles. The number of methoxy groups -OCH3 is 1. The zero-order valence-electron chi connectivity index (χ0n) is 14.8. The van der Waals surface area contributed by atoms with Crippen LogP contribution in [0.2, 0.25) is 0 Å². The molecule has 0 unspecified atom stereocenters. The summed E-state index contributed by atoms with van der Waals surface area (Å²) >= 11 is 0. The van der Waals surface area contributed by atoms with Crippen LogP contribution in [0.25, 0.3) is 0 Å². The zero-order valence-corrected chi connectivity index (χ0v) is 14.8. The van der Waals surface area contributed by atoms with Crippen molar-refractivity contribution in [2.24, 2.45) is 7.05 Å². The summed E-state index contributed by atoms with van der Waals surface area (Å²) in [4.78, 5) is 16.5. The van der Waals surface area contributed by atoms with E-state index in [9.17, 15) is 4.79 Å². The van der Waals surface area contributed by atoms with Crippen LogP contribution >= 0.6 is 0 Å². The molecule has 136 valence electrons. The molecule has 0 saturated carbocycles. The minimum atomic E-state index is -0.322. The third-order valence-electron chi connectivity index (χ3n) is 3.76. The second kappa shape index (κ2) is 7.73. The lowest BCUT2D eigenvalue weighted by molar-refractivity contribution is 0.0934. The summed E-state index contributed by atoms with van der Waals surface area (Å²) in [5.74, 6) is 1.31. The average Bonchev–Trinajstić information content (AvgIpc) is 3.29. The van der Waals surface area contributed by atoms with Crippen molar-refractivity contribution in [3.05, 3.63) is 60.1 Å². The van der Waals surface area contributed by atoms with E-state index in [0.717, 1.165) is 5.56 Å². The van der Waals surface area contributed by atoms with Crippen molar-refractivity contribution in [3.63, 3.8) is 0 Å². The number of ether oxygens (including phenoxy) is 2. The number of nitrogens with one attached hydrogen (secondary N) is 1. The highest BCUT2D eigenvalue weighted by Crippen LogP contribution is 2.20. The lowest BCUT2D eigenvalue weighted by atomic mass is 10.2. The molecule has 3 aromatic rings. The Kier molecular flexibility index (Phi) is 5.21. The van der Waals surface area contributed by atoms with Gasteiger partial charge in [0, 0.05) is 24.9 Å². The lowest BCUT2D eigenvalue weighted by Gasteiger charge is -2.10. The molecule has 1 atom stereocenters. The van der Waals surface area contributed by atoms with Crippen LogP contribution < -0.4 is 14.8 Å². The first-order valence-corrected chi connectivity index (χ1v) is 8.06. The predicted molar refractivity (Wildman–Crippen MR) is 92.9 cm³/mol. The van der Waals surface area contributed by atoms with E-state index in [4.69, 9.17) is 13.9 Å². The molecule has 1 N–H and O–H groups in total. The van der Waals surface area contributed by atoms with Gasteiger partial charge in [0.05, 0.1) is 19.3 Å². The number of oxazole rings is 1. The molecular formula is C18H20N4O4. The minimum absolute atomic E-state index is 0.110. The molecule has 0 spiro atoms. The molecule has 1 aromatic carbocycles. The number of benzene rings is 1. The monoisotopic (exact) mass is 356 g/mol. The van der Waals surface area contributed by atoms with Crippen LogP contribution in [0.4, 0.5) is 0 Å². The molecule has 0 radical (unpaired) electrons. The second-order valence-corrected chi connectivity index (χ2v) is 5.74. The van der Waals surface area contributed by atoms with Gasteiger partial charge in [0.15, 0.2) is 12.3 Å². The van der Waals surface area contributed by atoms with Gasteiger partial charge in [0.2, 0.25) is 5.89 Å². The Morgan fingerprint density at radius 2 is 2.19 bits per heavy atom. The molecular weight excluding hydrogens is 336 g/mol. The topological polar surface area (TPSA) is 91.4 Å². The van der Waals surface area contributed by atoms with Gasteiger partial charge in [0.1, 0.15) is 17.8 Å². The van der Waals surface area contributed by atoms with Crippen molar-refractivity contribution in [2.75, 3.05) is 7.11 Å². The highest BCUT2D eigenvalue weighted by molar-refractivity contribution is 5.92. The van der Waals surface area contributed by atoms with Gasteiger partial charge in [-0.3, -0.25) is 9.48 Å². The number of aryl methyl sites for hydroxylation is 1. The summed E-state index contributed by atoms with van der Waals surface area (Å²) in [7, 11) is 3.41. The Bertz CT molecular complexity index is 887. The highest BCUT2D eigenvalue weighted by Gasteiger charge is 2.16. The molecule has 0 fully saturated rings. The van der Waals surface area contributed by atoms with Crippen LogP contribution in [0.15, 0.2) is 47.3 Å². The van der Waals surface area contributed by atoms with Gasteiger partial charge in [-0.1, -0.05) is 6.07 Å².